The van der Waals surface area contributed by atoms with E-state index in [1.54, 1.807) is 24.3 Å². The third-order valence-electron chi connectivity index (χ3n) is 3.97. The van der Waals surface area contributed by atoms with E-state index in [2.05, 4.69) is 20.6 Å². The van der Waals surface area contributed by atoms with Gasteiger partial charge in [0.25, 0.3) is 5.91 Å². The normalized spacial score (nSPS) is 10.8. The highest BCUT2D eigenvalue weighted by atomic mass is 19.1. The Kier molecular flexibility index (Phi) is 5.03. The van der Waals surface area contributed by atoms with E-state index in [0.717, 1.165) is 6.07 Å². The Hall–Kier alpha value is -4.35. The van der Waals surface area contributed by atoms with Crippen molar-refractivity contribution in [2.45, 2.75) is 0 Å². The van der Waals surface area contributed by atoms with Crippen molar-refractivity contribution >= 4 is 17.4 Å². The zero-order valence-corrected chi connectivity index (χ0v) is 15.2. The minimum Gasteiger partial charge on any atom is -0.475 e. The second-order valence-electron chi connectivity index (χ2n) is 5.97. The van der Waals surface area contributed by atoms with Crippen molar-refractivity contribution in [1.29, 1.82) is 0 Å². The van der Waals surface area contributed by atoms with E-state index in [1.807, 2.05) is 0 Å². The smallest absolute Gasteiger partial charge is 0.433 e. The number of carbonyl (C=O) groups excluding carboxylic acids is 1. The van der Waals surface area contributed by atoms with E-state index < -0.39 is 16.7 Å². The third-order valence-corrected chi connectivity index (χ3v) is 3.97. The lowest BCUT2D eigenvalue weighted by molar-refractivity contribution is -0.402. The van der Waals surface area contributed by atoms with Crippen molar-refractivity contribution in [2.75, 3.05) is 13.2 Å². The van der Waals surface area contributed by atoms with Crippen molar-refractivity contribution in [1.82, 2.24) is 25.1 Å². The SMILES string of the molecule is O=C(NCCOc1ccc2nnc(-c3ccc(F)cc3)n2n1)c1ccc([N+](=O)[O-])o1. The Morgan fingerprint density at radius 1 is 1.17 bits per heavy atom. The number of halogens is 1. The Morgan fingerprint density at radius 3 is 2.70 bits per heavy atom. The summed E-state index contributed by atoms with van der Waals surface area (Å²) in [6.07, 6.45) is 0. The maximum absolute atomic E-state index is 13.1. The number of amides is 1. The standard InChI is InChI=1S/C18H13FN6O5/c19-12-3-1-11(2-4-12)17-22-21-14-6-7-15(23-24(14)17)29-10-9-20-18(26)13-5-8-16(30-13)25(27)28/h1-8H,9-10H2,(H,20,26). The quantitative estimate of drug-likeness (QED) is 0.277. The summed E-state index contributed by atoms with van der Waals surface area (Å²) in [6.45, 7) is 0.196. The molecule has 0 fully saturated rings. The van der Waals surface area contributed by atoms with Gasteiger partial charge in [-0.05, 0) is 36.4 Å². The van der Waals surface area contributed by atoms with Gasteiger partial charge in [0.15, 0.2) is 17.2 Å². The maximum Gasteiger partial charge on any atom is 0.433 e. The molecular formula is C18H13FN6O5. The zero-order valence-electron chi connectivity index (χ0n) is 15.2. The van der Waals surface area contributed by atoms with Crippen LogP contribution in [0.4, 0.5) is 10.3 Å². The molecular weight excluding hydrogens is 399 g/mol. The van der Waals surface area contributed by atoms with Gasteiger partial charge in [-0.2, -0.15) is 4.52 Å². The molecule has 3 heterocycles. The van der Waals surface area contributed by atoms with E-state index in [9.17, 15) is 19.3 Å². The van der Waals surface area contributed by atoms with Gasteiger partial charge in [0.1, 0.15) is 17.3 Å². The van der Waals surface area contributed by atoms with Crippen LogP contribution in [0.3, 0.4) is 0 Å². The van der Waals surface area contributed by atoms with Crippen LogP contribution in [0.1, 0.15) is 10.6 Å². The molecule has 0 bridgehead atoms. The van der Waals surface area contributed by atoms with Crippen molar-refractivity contribution < 1.29 is 23.3 Å². The lowest BCUT2D eigenvalue weighted by atomic mass is 10.2. The molecule has 0 unspecified atom stereocenters. The molecule has 12 heteroatoms. The van der Waals surface area contributed by atoms with Crippen LogP contribution >= 0.6 is 0 Å². The predicted octanol–water partition coefficient (Wildman–Crippen LogP) is 2.24. The number of hydrogen-bond donors (Lipinski definition) is 1. The van der Waals surface area contributed by atoms with Crippen LogP contribution in [0, 0.1) is 15.9 Å². The van der Waals surface area contributed by atoms with Crippen molar-refractivity contribution in [3.63, 3.8) is 0 Å². The molecule has 11 nitrogen and oxygen atoms in total. The topological polar surface area (TPSA) is 138 Å². The van der Waals surface area contributed by atoms with Crippen molar-refractivity contribution in [2.24, 2.45) is 0 Å². The number of carbonyl (C=O) groups is 1. The lowest BCUT2D eigenvalue weighted by Gasteiger charge is -2.07. The second-order valence-corrected chi connectivity index (χ2v) is 5.97. The first-order valence-electron chi connectivity index (χ1n) is 8.65. The number of aromatic nitrogens is 4. The van der Waals surface area contributed by atoms with Gasteiger partial charge < -0.3 is 14.5 Å². The number of furan rings is 1. The molecule has 152 valence electrons. The highest BCUT2D eigenvalue weighted by molar-refractivity contribution is 5.91. The van der Waals surface area contributed by atoms with E-state index in [-0.39, 0.29) is 30.6 Å². The number of fused-ring (bicyclic) bond motifs is 1. The summed E-state index contributed by atoms with van der Waals surface area (Å²) in [5.74, 6) is -0.977. The molecule has 3 aromatic heterocycles. The first-order chi connectivity index (χ1) is 14.5. The van der Waals surface area contributed by atoms with Gasteiger partial charge >= 0.3 is 5.88 Å². The minimum absolute atomic E-state index is 0.0844. The third kappa shape index (κ3) is 3.92. The zero-order chi connectivity index (χ0) is 21.1. The Bertz CT molecular complexity index is 1220. The molecule has 1 amide bonds. The molecule has 0 saturated heterocycles. The van der Waals surface area contributed by atoms with E-state index in [1.165, 1.54) is 22.7 Å². The van der Waals surface area contributed by atoms with Crippen LogP contribution in [0.2, 0.25) is 0 Å². The molecule has 1 aromatic carbocycles. The Balaban J connectivity index is 1.38. The molecule has 0 spiro atoms. The monoisotopic (exact) mass is 412 g/mol. The fourth-order valence-electron chi connectivity index (χ4n) is 2.58. The predicted molar refractivity (Wildman–Crippen MR) is 99.4 cm³/mol. The molecule has 0 aliphatic carbocycles. The van der Waals surface area contributed by atoms with Crippen LogP contribution < -0.4 is 10.1 Å². The lowest BCUT2D eigenvalue weighted by Crippen LogP contribution is -2.27. The first kappa shape index (κ1) is 19.0. The van der Waals surface area contributed by atoms with Crippen LogP contribution in [-0.4, -0.2) is 43.8 Å². The van der Waals surface area contributed by atoms with Crippen LogP contribution in [0.25, 0.3) is 17.0 Å². The van der Waals surface area contributed by atoms with E-state index in [0.29, 0.717) is 17.0 Å². The van der Waals surface area contributed by atoms with E-state index >= 15 is 0 Å². The number of hydrogen-bond acceptors (Lipinski definition) is 8. The molecule has 0 aliphatic heterocycles. The summed E-state index contributed by atoms with van der Waals surface area (Å²) in [5, 5.41) is 25.5. The van der Waals surface area contributed by atoms with Gasteiger partial charge in [0.05, 0.1) is 12.6 Å². The largest absolute Gasteiger partial charge is 0.475 e. The number of ether oxygens (including phenoxy) is 1. The molecule has 30 heavy (non-hydrogen) atoms. The highest BCUT2D eigenvalue weighted by Crippen LogP contribution is 2.19. The molecule has 0 saturated carbocycles. The summed E-state index contributed by atoms with van der Waals surface area (Å²) in [6, 6.07) is 11.3. The fourth-order valence-corrected chi connectivity index (χ4v) is 2.58. The molecule has 1 N–H and O–H groups in total. The summed E-state index contributed by atoms with van der Waals surface area (Å²) in [7, 11) is 0. The molecule has 4 rings (SSSR count). The highest BCUT2D eigenvalue weighted by Gasteiger charge is 2.17. The number of nitrogens with zero attached hydrogens (tertiary/aromatic N) is 5. The van der Waals surface area contributed by atoms with Crippen molar-refractivity contribution in [3.05, 3.63) is 70.2 Å². The van der Waals surface area contributed by atoms with Gasteiger partial charge in [0.2, 0.25) is 5.88 Å². The number of nitro groups is 1. The van der Waals surface area contributed by atoms with Gasteiger partial charge in [-0.15, -0.1) is 15.3 Å². The van der Waals surface area contributed by atoms with Gasteiger partial charge in [-0.1, -0.05) is 0 Å². The number of benzene rings is 1. The maximum atomic E-state index is 13.1. The molecule has 0 atom stereocenters. The van der Waals surface area contributed by atoms with Gasteiger partial charge in [0, 0.05) is 11.6 Å². The van der Waals surface area contributed by atoms with Gasteiger partial charge in [-0.3, -0.25) is 14.9 Å². The average molecular weight is 412 g/mol. The van der Waals surface area contributed by atoms with Crippen LogP contribution in [0.15, 0.2) is 52.9 Å². The Labute approximate surface area is 167 Å². The summed E-state index contributed by atoms with van der Waals surface area (Å²) < 4.78 is 24.9. The van der Waals surface area contributed by atoms with Crippen molar-refractivity contribution in [3.8, 4) is 17.3 Å². The van der Waals surface area contributed by atoms with E-state index in [4.69, 9.17) is 9.15 Å². The molecule has 0 radical (unpaired) electrons. The average Bonchev–Trinajstić information content (AvgIpc) is 3.39. The summed E-state index contributed by atoms with van der Waals surface area (Å²) in [5.41, 5.74) is 1.11. The van der Waals surface area contributed by atoms with Gasteiger partial charge in [-0.25, -0.2) is 4.39 Å². The summed E-state index contributed by atoms with van der Waals surface area (Å²) >= 11 is 0. The minimum atomic E-state index is -0.729. The molecule has 0 aliphatic rings. The number of rotatable bonds is 7. The van der Waals surface area contributed by atoms with Crippen LogP contribution in [0.5, 0.6) is 5.88 Å². The summed E-state index contributed by atoms with van der Waals surface area (Å²) in [4.78, 5) is 21.8. The number of nitrogens with one attached hydrogen (secondary N) is 1. The van der Waals surface area contributed by atoms with Crippen LogP contribution in [-0.2, 0) is 0 Å². The first-order valence-corrected chi connectivity index (χ1v) is 8.65. The second kappa shape index (κ2) is 7.95. The Morgan fingerprint density at radius 2 is 1.97 bits per heavy atom. The fraction of sp³-hybridized carbons (Fsp3) is 0.111. The molecule has 4 aromatic rings.